The largest absolute Gasteiger partial charge is 0.356 e. The van der Waals surface area contributed by atoms with Gasteiger partial charge in [-0.15, -0.1) is 0 Å². The van der Waals surface area contributed by atoms with E-state index < -0.39 is 0 Å². The van der Waals surface area contributed by atoms with Crippen molar-refractivity contribution in [3.63, 3.8) is 0 Å². The van der Waals surface area contributed by atoms with E-state index in [2.05, 4.69) is 153 Å². The second-order valence-corrected chi connectivity index (χ2v) is 11.6. The van der Waals surface area contributed by atoms with Crippen LogP contribution in [0, 0.1) is 0 Å². The van der Waals surface area contributed by atoms with Crippen molar-refractivity contribution in [1.29, 1.82) is 0 Å². The van der Waals surface area contributed by atoms with E-state index in [0.717, 1.165) is 6.54 Å². The quantitative estimate of drug-likeness (QED) is 0.220. The van der Waals surface area contributed by atoms with Crippen LogP contribution in [0.25, 0.3) is 60.4 Å². The first-order valence-corrected chi connectivity index (χ1v) is 14.6. The third-order valence-corrected chi connectivity index (χ3v) is 9.36. The number of aromatic amines is 1. The fraction of sp³-hybridized carbons (Fsp3) is 0.0526. The monoisotopic (exact) mass is 538 g/mol. The lowest BCUT2D eigenvalue weighted by Crippen LogP contribution is -2.21. The number of benzene rings is 6. The zero-order chi connectivity index (χ0) is 27.4. The van der Waals surface area contributed by atoms with E-state index in [1.807, 2.05) is 0 Å². The third kappa shape index (κ3) is 2.81. The standard InChI is InChI=1S/C38H26N4/c1-2-11-24(12-3-1)25-13-10-14-26(21-25)42-32-19-8-5-16-28(32)35-34(42)22-29(37-36(35)27-15-4-6-17-30(27)39-37)38-23-41(38)33-20-9-7-18-31(33)40-38/h1-22,39-40H,23H2/t38-,41?/m1/s1. The number of fused-ring (bicyclic) bond motifs is 10. The molecule has 2 aliphatic rings. The normalized spacial score (nSPS) is 17.2. The molecule has 0 radical (unpaired) electrons. The summed E-state index contributed by atoms with van der Waals surface area (Å²) < 4.78 is 2.47. The van der Waals surface area contributed by atoms with Gasteiger partial charge in [0.25, 0.3) is 0 Å². The lowest BCUT2D eigenvalue weighted by Gasteiger charge is -2.17. The highest BCUT2D eigenvalue weighted by atomic mass is 15.5. The highest BCUT2D eigenvalue weighted by Crippen LogP contribution is 2.57. The SMILES string of the molecule is c1ccc(-c2cccc(-n3c4ccccc4c4c5c([nH]c6ccccc65)c([C@@]56CN5c5ccccc5N6)cc43)c2)cc1. The van der Waals surface area contributed by atoms with Crippen LogP contribution in [0.2, 0.25) is 0 Å². The van der Waals surface area contributed by atoms with E-state index in [1.165, 1.54) is 77.4 Å². The van der Waals surface area contributed by atoms with Crippen LogP contribution in [0.15, 0.2) is 133 Å². The molecule has 0 amide bonds. The van der Waals surface area contributed by atoms with E-state index in [-0.39, 0.29) is 5.66 Å². The summed E-state index contributed by atoms with van der Waals surface area (Å²) >= 11 is 0. The van der Waals surface area contributed by atoms with Gasteiger partial charge in [-0.2, -0.15) is 0 Å². The predicted molar refractivity (Wildman–Crippen MR) is 175 cm³/mol. The highest BCUT2D eigenvalue weighted by Gasteiger charge is 2.60. The molecule has 1 atom stereocenters. The maximum Gasteiger partial charge on any atom is 0.157 e. The number of rotatable bonds is 3. The first-order valence-electron chi connectivity index (χ1n) is 14.6. The summed E-state index contributed by atoms with van der Waals surface area (Å²) in [6.07, 6.45) is 0. The van der Waals surface area contributed by atoms with Crippen molar-refractivity contribution < 1.29 is 0 Å². The van der Waals surface area contributed by atoms with Crippen molar-refractivity contribution in [2.24, 2.45) is 0 Å². The fourth-order valence-corrected chi connectivity index (χ4v) is 7.46. The van der Waals surface area contributed by atoms with Gasteiger partial charge in [0.1, 0.15) is 0 Å². The van der Waals surface area contributed by atoms with E-state index >= 15 is 0 Å². The van der Waals surface area contributed by atoms with Crippen LogP contribution in [-0.2, 0) is 5.66 Å². The van der Waals surface area contributed by atoms with Gasteiger partial charge in [-0.25, -0.2) is 0 Å². The molecule has 0 aliphatic carbocycles. The molecule has 8 aromatic rings. The minimum absolute atomic E-state index is 0.260. The summed E-state index contributed by atoms with van der Waals surface area (Å²) in [5.74, 6) is 0. The predicted octanol–water partition coefficient (Wildman–Crippen LogP) is 9.18. The molecule has 2 N–H and O–H groups in total. The summed E-state index contributed by atoms with van der Waals surface area (Å²) in [6.45, 7) is 0.948. The Balaban J connectivity index is 1.33. The second kappa shape index (κ2) is 7.83. The molecule has 4 nitrogen and oxygen atoms in total. The molecular formula is C38H26N4. The van der Waals surface area contributed by atoms with Crippen LogP contribution >= 0.6 is 0 Å². The molecule has 1 saturated heterocycles. The summed E-state index contributed by atoms with van der Waals surface area (Å²) in [6, 6.07) is 48.3. The van der Waals surface area contributed by atoms with Crippen LogP contribution < -0.4 is 10.2 Å². The van der Waals surface area contributed by atoms with Gasteiger partial charge < -0.3 is 19.8 Å². The van der Waals surface area contributed by atoms with Crippen LogP contribution in [0.4, 0.5) is 11.4 Å². The van der Waals surface area contributed by atoms with E-state index in [9.17, 15) is 0 Å². The van der Waals surface area contributed by atoms with Crippen molar-refractivity contribution in [2.75, 3.05) is 16.8 Å². The Labute approximate surface area is 242 Å². The molecule has 198 valence electrons. The number of para-hydroxylation sites is 4. The topological polar surface area (TPSA) is 35.8 Å². The first-order chi connectivity index (χ1) is 20.8. The number of H-pyrrole nitrogens is 1. The van der Waals surface area contributed by atoms with Crippen molar-refractivity contribution in [2.45, 2.75) is 5.66 Å². The molecule has 42 heavy (non-hydrogen) atoms. The van der Waals surface area contributed by atoms with Crippen LogP contribution in [0.1, 0.15) is 5.56 Å². The Bertz CT molecular complexity index is 2380. The third-order valence-electron chi connectivity index (χ3n) is 9.36. The number of hydrogen-bond donors (Lipinski definition) is 2. The summed E-state index contributed by atoms with van der Waals surface area (Å²) in [7, 11) is 0. The van der Waals surface area contributed by atoms with Gasteiger partial charge in [0.15, 0.2) is 5.66 Å². The zero-order valence-corrected chi connectivity index (χ0v) is 22.8. The Hall–Kier alpha value is -5.48. The molecule has 0 bridgehead atoms. The fourth-order valence-electron chi connectivity index (χ4n) is 7.46. The molecule has 4 heteroatoms. The zero-order valence-electron chi connectivity index (χ0n) is 22.8. The lowest BCUT2D eigenvalue weighted by atomic mass is 9.98. The van der Waals surface area contributed by atoms with E-state index in [0.29, 0.717) is 0 Å². The summed E-state index contributed by atoms with van der Waals surface area (Å²) in [5, 5.41) is 9.05. The molecule has 2 aromatic heterocycles. The first kappa shape index (κ1) is 22.2. The molecule has 4 heterocycles. The minimum Gasteiger partial charge on any atom is -0.356 e. The van der Waals surface area contributed by atoms with E-state index in [1.54, 1.807) is 0 Å². The Morgan fingerprint density at radius 1 is 0.595 bits per heavy atom. The van der Waals surface area contributed by atoms with Crippen LogP contribution in [-0.4, -0.2) is 16.1 Å². The Morgan fingerprint density at radius 3 is 2.26 bits per heavy atom. The molecule has 6 aromatic carbocycles. The Kier molecular flexibility index (Phi) is 4.15. The Morgan fingerprint density at radius 2 is 1.36 bits per heavy atom. The van der Waals surface area contributed by atoms with Gasteiger partial charge in [-0.1, -0.05) is 91.0 Å². The van der Waals surface area contributed by atoms with Gasteiger partial charge in [0.2, 0.25) is 0 Å². The van der Waals surface area contributed by atoms with Crippen molar-refractivity contribution >= 4 is 55.0 Å². The van der Waals surface area contributed by atoms with Crippen LogP contribution in [0.3, 0.4) is 0 Å². The molecule has 0 saturated carbocycles. The van der Waals surface area contributed by atoms with E-state index in [4.69, 9.17) is 0 Å². The molecule has 10 rings (SSSR count). The van der Waals surface area contributed by atoms with Gasteiger partial charge >= 0.3 is 0 Å². The molecule has 0 spiro atoms. The van der Waals surface area contributed by atoms with Gasteiger partial charge in [0, 0.05) is 38.3 Å². The van der Waals surface area contributed by atoms with Crippen LogP contribution in [0.5, 0.6) is 0 Å². The van der Waals surface area contributed by atoms with Crippen molar-refractivity contribution in [1.82, 2.24) is 9.55 Å². The van der Waals surface area contributed by atoms with Crippen molar-refractivity contribution in [3.05, 3.63) is 139 Å². The molecule has 0 unspecified atom stereocenters. The molecule has 1 fully saturated rings. The number of anilines is 2. The number of hydrogen-bond acceptors (Lipinski definition) is 2. The number of aromatic nitrogens is 2. The maximum atomic E-state index is 3.92. The lowest BCUT2D eigenvalue weighted by molar-refractivity contribution is 0.852. The number of nitrogens with one attached hydrogen (secondary N) is 2. The summed E-state index contributed by atoms with van der Waals surface area (Å²) in [5.41, 5.74) is 11.9. The van der Waals surface area contributed by atoms with Gasteiger partial charge in [0.05, 0.1) is 34.5 Å². The van der Waals surface area contributed by atoms with Gasteiger partial charge in [-0.3, -0.25) is 0 Å². The average molecular weight is 539 g/mol. The van der Waals surface area contributed by atoms with Crippen molar-refractivity contribution in [3.8, 4) is 16.8 Å². The smallest absolute Gasteiger partial charge is 0.157 e. The maximum absolute atomic E-state index is 3.92. The summed E-state index contributed by atoms with van der Waals surface area (Å²) in [4.78, 5) is 6.36. The molecule has 2 aliphatic heterocycles. The highest BCUT2D eigenvalue weighted by molar-refractivity contribution is 6.29. The molecular weight excluding hydrogens is 512 g/mol. The second-order valence-electron chi connectivity index (χ2n) is 11.6. The average Bonchev–Trinajstić information content (AvgIpc) is 3.33. The number of nitrogens with zero attached hydrogens (tertiary/aromatic N) is 2. The minimum atomic E-state index is -0.260. The van der Waals surface area contributed by atoms with Gasteiger partial charge in [-0.05, 0) is 53.6 Å².